The number of rotatable bonds is 40. The molecule has 1 heterocycles. The van der Waals surface area contributed by atoms with E-state index < -0.39 is 148 Å². The van der Waals surface area contributed by atoms with Gasteiger partial charge in [0.2, 0.25) is 47.3 Å². The van der Waals surface area contributed by atoms with Crippen molar-refractivity contribution in [3.63, 3.8) is 0 Å². The lowest BCUT2D eigenvalue weighted by molar-refractivity contribution is -0.141. The molecule has 32 heteroatoms. The fourth-order valence-electron chi connectivity index (χ4n) is 8.07. The van der Waals surface area contributed by atoms with Crippen molar-refractivity contribution in [3.8, 4) is 0 Å². The summed E-state index contributed by atoms with van der Waals surface area (Å²) in [5.74, 6) is -11.3. The number of imide groups is 4. The second kappa shape index (κ2) is 42.8. The Morgan fingerprint density at radius 3 is 0.625 bits per heavy atom. The molecular formula is C48H88N16O16. The number of unbranched alkanes of at least 4 members (excludes halogenated alkanes) is 4. The van der Waals surface area contributed by atoms with Crippen LogP contribution < -0.4 is 65.5 Å². The van der Waals surface area contributed by atoms with Crippen LogP contribution in [0.5, 0.6) is 0 Å². The molecule has 0 radical (unpaired) electrons. The third-order valence-electron chi connectivity index (χ3n) is 12.5. The molecule has 80 heavy (non-hydrogen) atoms. The van der Waals surface area contributed by atoms with E-state index in [1.54, 1.807) is 19.6 Å². The maximum atomic E-state index is 13.4. The van der Waals surface area contributed by atoms with Gasteiger partial charge in [-0.3, -0.25) is 120 Å². The zero-order valence-electron chi connectivity index (χ0n) is 45.7. The van der Waals surface area contributed by atoms with Crippen LogP contribution in [0.4, 0.5) is 0 Å². The summed E-state index contributed by atoms with van der Waals surface area (Å²) in [4.78, 5) is 159. The molecule has 1 aliphatic rings. The minimum atomic E-state index is -1.20. The summed E-state index contributed by atoms with van der Waals surface area (Å²) in [5, 5.41) is 57.8. The van der Waals surface area contributed by atoms with Gasteiger partial charge in [-0.05, 0) is 77.5 Å². The van der Waals surface area contributed by atoms with Gasteiger partial charge in [0, 0.05) is 52.4 Å². The van der Waals surface area contributed by atoms with Crippen LogP contribution in [0, 0.1) is 0 Å². The number of carbonyl (C=O) groups is 12. The first-order chi connectivity index (χ1) is 38.1. The minimum Gasteiger partial charge on any atom is -0.480 e. The molecule has 1 saturated heterocycles. The molecular weight excluding hydrogens is 1060 g/mol. The summed E-state index contributed by atoms with van der Waals surface area (Å²) in [6, 6.07) is -4.36. The summed E-state index contributed by atoms with van der Waals surface area (Å²) in [7, 11) is 0. The van der Waals surface area contributed by atoms with Crippen LogP contribution in [-0.2, 0) is 57.5 Å². The molecule has 4 unspecified atom stereocenters. The fraction of sp³-hybridized carbons (Fsp3) is 0.750. The molecule has 0 aliphatic carbocycles. The Labute approximate surface area is 465 Å². The lowest BCUT2D eigenvalue weighted by Gasteiger charge is -2.33. The Hall–Kier alpha value is -6.04. The van der Waals surface area contributed by atoms with Crippen molar-refractivity contribution in [1.29, 1.82) is 0 Å². The first-order valence-electron chi connectivity index (χ1n) is 27.0. The van der Waals surface area contributed by atoms with Crippen molar-refractivity contribution in [2.75, 3.05) is 131 Å². The SMILES string of the molecule is NCCCCC(NCC(=O)NC(=O)CN1CCN(CC(=O)NC(=O)CNC(CCCCN)C(=O)O)CCN(CC(=O)NC(=O)CNC(CCCCN)C(=O)O)CCN(CC(=O)NC(=O)CNC(CCCCN)C(=O)O)CC1)C(=O)O. The second-order valence-electron chi connectivity index (χ2n) is 19.2. The molecule has 0 aromatic carbocycles. The third kappa shape index (κ3) is 34.9. The molecule has 8 amide bonds. The topological polar surface area (TPSA) is 499 Å². The zero-order chi connectivity index (χ0) is 59.8. The van der Waals surface area contributed by atoms with Crippen LogP contribution in [0.15, 0.2) is 0 Å². The number of hydrogen-bond acceptors (Lipinski definition) is 24. The van der Waals surface area contributed by atoms with Gasteiger partial charge in [0.1, 0.15) is 24.2 Å². The number of nitrogens with zero attached hydrogens (tertiary/aromatic N) is 4. The molecule has 0 aromatic rings. The maximum Gasteiger partial charge on any atom is 0.320 e. The van der Waals surface area contributed by atoms with Crippen molar-refractivity contribution in [3.05, 3.63) is 0 Å². The molecule has 0 spiro atoms. The van der Waals surface area contributed by atoms with Crippen LogP contribution in [0.3, 0.4) is 0 Å². The summed E-state index contributed by atoms with van der Waals surface area (Å²) in [6.07, 6.45) is 4.85. The van der Waals surface area contributed by atoms with E-state index in [1.165, 1.54) is 0 Å². The molecule has 0 saturated carbocycles. The third-order valence-corrected chi connectivity index (χ3v) is 12.5. The van der Waals surface area contributed by atoms with Gasteiger partial charge in [-0.2, -0.15) is 0 Å². The zero-order valence-corrected chi connectivity index (χ0v) is 45.7. The minimum absolute atomic E-state index is 0.000270. The van der Waals surface area contributed by atoms with E-state index in [2.05, 4.69) is 42.5 Å². The van der Waals surface area contributed by atoms with E-state index in [9.17, 15) is 78.0 Å². The number of carbonyl (C=O) groups excluding carboxylic acids is 8. The van der Waals surface area contributed by atoms with E-state index >= 15 is 0 Å². The largest absolute Gasteiger partial charge is 0.480 e. The van der Waals surface area contributed by atoms with Crippen LogP contribution in [0.2, 0.25) is 0 Å². The van der Waals surface area contributed by atoms with E-state index in [1.807, 2.05) is 0 Å². The maximum absolute atomic E-state index is 13.4. The molecule has 20 N–H and O–H groups in total. The lowest BCUT2D eigenvalue weighted by Crippen LogP contribution is -2.53. The molecule has 32 nitrogen and oxygen atoms in total. The van der Waals surface area contributed by atoms with E-state index in [-0.39, 0.29) is 78.0 Å². The summed E-state index contributed by atoms with van der Waals surface area (Å²) >= 11 is 0. The van der Waals surface area contributed by atoms with Gasteiger partial charge in [0.25, 0.3) is 0 Å². The molecule has 1 fully saturated rings. The van der Waals surface area contributed by atoms with Gasteiger partial charge in [-0.25, -0.2) is 0 Å². The van der Waals surface area contributed by atoms with Crippen LogP contribution in [0.1, 0.15) is 77.0 Å². The Morgan fingerprint density at radius 1 is 0.300 bits per heavy atom. The number of nitrogens with two attached hydrogens (primary N) is 4. The van der Waals surface area contributed by atoms with Crippen molar-refractivity contribution >= 4 is 71.1 Å². The molecule has 1 aliphatic heterocycles. The highest BCUT2D eigenvalue weighted by atomic mass is 16.4. The average molecular weight is 1150 g/mol. The van der Waals surface area contributed by atoms with Gasteiger partial charge in [-0.1, -0.05) is 25.7 Å². The fourth-order valence-corrected chi connectivity index (χ4v) is 8.07. The summed E-state index contributed by atoms with van der Waals surface area (Å²) in [5.41, 5.74) is 22.1. The van der Waals surface area contributed by atoms with E-state index in [4.69, 9.17) is 22.9 Å². The number of aliphatic carboxylic acids is 4. The van der Waals surface area contributed by atoms with Crippen LogP contribution in [0.25, 0.3) is 0 Å². The predicted molar refractivity (Wildman–Crippen MR) is 288 cm³/mol. The molecule has 4 atom stereocenters. The highest BCUT2D eigenvalue weighted by molar-refractivity contribution is 5.99. The number of carboxylic acids is 4. The van der Waals surface area contributed by atoms with Gasteiger partial charge >= 0.3 is 23.9 Å². The Morgan fingerprint density at radius 2 is 0.475 bits per heavy atom. The monoisotopic (exact) mass is 1140 g/mol. The predicted octanol–water partition coefficient (Wildman–Crippen LogP) is -7.53. The van der Waals surface area contributed by atoms with Crippen LogP contribution in [-0.4, -0.2) is 266 Å². The number of amides is 8. The quantitative estimate of drug-likeness (QED) is 0.0253. The van der Waals surface area contributed by atoms with Gasteiger partial charge in [-0.15, -0.1) is 0 Å². The smallest absolute Gasteiger partial charge is 0.320 e. The number of carboxylic acid groups (broad SMARTS) is 4. The number of hydrogen-bond donors (Lipinski definition) is 16. The first kappa shape index (κ1) is 72.0. The second-order valence-corrected chi connectivity index (χ2v) is 19.2. The Bertz CT molecular complexity index is 1700. The Balaban J connectivity index is 3.47. The van der Waals surface area contributed by atoms with Gasteiger partial charge < -0.3 is 43.4 Å². The molecule has 0 bridgehead atoms. The van der Waals surface area contributed by atoms with Crippen molar-refractivity contribution < 1.29 is 78.0 Å². The van der Waals surface area contributed by atoms with E-state index in [0.717, 1.165) is 0 Å². The van der Waals surface area contributed by atoms with Crippen molar-refractivity contribution in [2.45, 2.75) is 101 Å². The molecule has 456 valence electrons. The number of nitrogens with one attached hydrogen (secondary N) is 8. The summed E-state index contributed by atoms with van der Waals surface area (Å²) < 4.78 is 0. The van der Waals surface area contributed by atoms with Crippen LogP contribution >= 0.6 is 0 Å². The Kier molecular flexibility index (Phi) is 38.5. The lowest BCUT2D eigenvalue weighted by atomic mass is 10.1. The highest BCUT2D eigenvalue weighted by Crippen LogP contribution is 2.06. The van der Waals surface area contributed by atoms with Gasteiger partial charge in [0.15, 0.2) is 0 Å². The van der Waals surface area contributed by atoms with Gasteiger partial charge in [0.05, 0.1) is 52.4 Å². The standard InChI is InChI=1S/C48H88N16O16/c49-13-5-1-9-33(45(73)74)53-25-37(65)57-41(69)29-61-17-19-62(30-42(70)58-38(66)26-54-34(46(75)76)10-2-6-14-50)21-23-64(32-44(72)60-40(68)28-56-36(48(79)80)12-4-8-16-52)24-22-63(20-18-61)31-43(71)59-39(67)27-55-35(47(77)78)11-3-7-15-51/h33-36,53-56H,1-32,49-52H2,(H,73,74)(H,75,76)(H,77,78)(H,79,80)(H,57,65,69)(H,58,66,70)(H,59,67,71)(H,60,68,72). The first-order valence-corrected chi connectivity index (χ1v) is 27.0. The molecule has 1 rings (SSSR count). The highest BCUT2D eigenvalue weighted by Gasteiger charge is 2.26. The van der Waals surface area contributed by atoms with E-state index in [0.29, 0.717) is 77.5 Å². The normalized spacial score (nSPS) is 15.7. The average Bonchev–Trinajstić information content (AvgIpc) is 3.38. The van der Waals surface area contributed by atoms with Crippen molar-refractivity contribution in [2.24, 2.45) is 22.9 Å². The molecule has 0 aromatic heterocycles. The summed E-state index contributed by atoms with van der Waals surface area (Å²) in [6.45, 7) is -2.41. The van der Waals surface area contributed by atoms with Crippen molar-refractivity contribution in [1.82, 2.24) is 62.1 Å².